The van der Waals surface area contributed by atoms with Gasteiger partial charge in [-0.25, -0.2) is 0 Å². The molecule has 0 saturated carbocycles. The van der Waals surface area contributed by atoms with E-state index in [4.69, 9.17) is 10.4 Å². The molecule has 0 aromatic heterocycles. The molecule has 1 N–H and O–H groups in total. The Morgan fingerprint density at radius 1 is 1.42 bits per heavy atom. The second kappa shape index (κ2) is 5.41. The average molecular weight is 258 g/mol. The Kier molecular flexibility index (Phi) is 3.87. The zero-order chi connectivity index (χ0) is 14.0. The number of carbonyl (C=O) groups is 1. The summed E-state index contributed by atoms with van der Waals surface area (Å²) in [6, 6.07) is 9.78. The lowest BCUT2D eigenvalue weighted by atomic mass is 9.99. The summed E-state index contributed by atoms with van der Waals surface area (Å²) in [6.45, 7) is 5.47. The molecule has 3 atom stereocenters. The summed E-state index contributed by atoms with van der Waals surface area (Å²) < 4.78 is 0. The van der Waals surface area contributed by atoms with Crippen molar-refractivity contribution in [3.63, 3.8) is 0 Å². The molecule has 1 aromatic carbocycles. The van der Waals surface area contributed by atoms with E-state index in [0.717, 1.165) is 12.1 Å². The third-order valence-electron chi connectivity index (χ3n) is 4.03. The number of rotatable bonds is 3. The molecule has 0 radical (unpaired) electrons. The third-order valence-corrected chi connectivity index (χ3v) is 4.03. The summed E-state index contributed by atoms with van der Waals surface area (Å²) >= 11 is 0. The van der Waals surface area contributed by atoms with Crippen LogP contribution in [-0.2, 0) is 4.79 Å². The molecule has 0 spiro atoms. The average Bonchev–Trinajstić information content (AvgIpc) is 2.80. The fraction of sp³-hybridized carbons (Fsp3) is 0.467. The van der Waals surface area contributed by atoms with Gasteiger partial charge in [0, 0.05) is 19.1 Å². The molecule has 1 saturated heterocycles. The number of hydrogen-bond acceptors (Lipinski definition) is 3. The van der Waals surface area contributed by atoms with E-state index in [1.54, 1.807) is 12.1 Å². The first-order chi connectivity index (χ1) is 9.02. The number of carboxylic acid groups (broad SMARTS) is 1. The summed E-state index contributed by atoms with van der Waals surface area (Å²) in [5.41, 5.74) is 1.77. The van der Waals surface area contributed by atoms with Crippen molar-refractivity contribution in [3.05, 3.63) is 35.4 Å². The zero-order valence-corrected chi connectivity index (χ0v) is 11.2. The van der Waals surface area contributed by atoms with E-state index in [-0.39, 0.29) is 17.9 Å². The van der Waals surface area contributed by atoms with Crippen LogP contribution >= 0.6 is 0 Å². The topological polar surface area (TPSA) is 64.3 Å². The smallest absolute Gasteiger partial charge is 0.308 e. The lowest BCUT2D eigenvalue weighted by molar-refractivity contribution is -0.142. The van der Waals surface area contributed by atoms with Gasteiger partial charge in [0.15, 0.2) is 0 Å². The van der Waals surface area contributed by atoms with Crippen LogP contribution in [0.25, 0.3) is 0 Å². The second-order valence-corrected chi connectivity index (χ2v) is 5.29. The molecule has 0 amide bonds. The molecular weight excluding hydrogens is 240 g/mol. The van der Waals surface area contributed by atoms with E-state index < -0.39 is 5.97 Å². The van der Waals surface area contributed by atoms with Crippen molar-refractivity contribution in [2.24, 2.45) is 11.8 Å². The molecule has 1 aromatic rings. The van der Waals surface area contributed by atoms with E-state index in [9.17, 15) is 4.79 Å². The largest absolute Gasteiger partial charge is 0.481 e. The summed E-state index contributed by atoms with van der Waals surface area (Å²) in [6.07, 6.45) is 0. The quantitative estimate of drug-likeness (QED) is 0.903. The van der Waals surface area contributed by atoms with E-state index in [1.165, 1.54) is 0 Å². The Balaban J connectivity index is 2.10. The molecule has 3 unspecified atom stereocenters. The minimum atomic E-state index is -0.706. The van der Waals surface area contributed by atoms with E-state index in [0.29, 0.717) is 12.1 Å². The summed E-state index contributed by atoms with van der Waals surface area (Å²) in [5, 5.41) is 17.9. The Bertz CT molecular complexity index is 504. The van der Waals surface area contributed by atoms with Gasteiger partial charge in [0.2, 0.25) is 0 Å². The molecule has 4 heteroatoms. The number of likely N-dealkylation sites (tertiary alicyclic amines) is 1. The van der Waals surface area contributed by atoms with Gasteiger partial charge in [-0.3, -0.25) is 9.69 Å². The van der Waals surface area contributed by atoms with Crippen molar-refractivity contribution in [1.29, 1.82) is 5.26 Å². The predicted octanol–water partition coefficient (Wildman–Crippen LogP) is 2.27. The molecular formula is C15H18N2O2. The molecule has 1 fully saturated rings. The van der Waals surface area contributed by atoms with E-state index in [1.807, 2.05) is 19.1 Å². The highest BCUT2D eigenvalue weighted by molar-refractivity contribution is 5.71. The minimum Gasteiger partial charge on any atom is -0.481 e. The van der Waals surface area contributed by atoms with Crippen LogP contribution in [0.2, 0.25) is 0 Å². The van der Waals surface area contributed by atoms with Gasteiger partial charge in [0.25, 0.3) is 0 Å². The molecule has 1 aliphatic heterocycles. The monoisotopic (exact) mass is 258 g/mol. The standard InChI is InChI=1S/C15H18N2O2/c1-10-8-17(9-14(10)15(18)19)11(2)13-5-3-12(7-16)4-6-13/h3-6,10-11,14H,8-9H2,1-2H3,(H,18,19). The molecule has 0 bridgehead atoms. The fourth-order valence-corrected chi connectivity index (χ4v) is 2.69. The SMILES string of the molecule is CC1CN(C(C)c2ccc(C#N)cc2)CC1C(=O)O. The van der Waals surface area contributed by atoms with Crippen molar-refractivity contribution in [2.45, 2.75) is 19.9 Å². The highest BCUT2D eigenvalue weighted by Gasteiger charge is 2.36. The lowest BCUT2D eigenvalue weighted by Gasteiger charge is -2.24. The van der Waals surface area contributed by atoms with Gasteiger partial charge < -0.3 is 5.11 Å². The highest BCUT2D eigenvalue weighted by Crippen LogP contribution is 2.31. The molecule has 2 rings (SSSR count). The van der Waals surface area contributed by atoms with Crippen LogP contribution < -0.4 is 0 Å². The zero-order valence-electron chi connectivity index (χ0n) is 11.2. The van der Waals surface area contributed by atoms with Gasteiger partial charge in [0.1, 0.15) is 0 Å². The van der Waals surface area contributed by atoms with E-state index in [2.05, 4.69) is 17.9 Å². The van der Waals surface area contributed by atoms with Crippen LogP contribution in [0.3, 0.4) is 0 Å². The first kappa shape index (κ1) is 13.6. The van der Waals surface area contributed by atoms with Crippen LogP contribution in [-0.4, -0.2) is 29.1 Å². The van der Waals surface area contributed by atoms with Crippen molar-refractivity contribution in [2.75, 3.05) is 13.1 Å². The Hall–Kier alpha value is -1.86. The lowest BCUT2D eigenvalue weighted by Crippen LogP contribution is -2.26. The van der Waals surface area contributed by atoms with Gasteiger partial charge in [-0.05, 0) is 30.5 Å². The summed E-state index contributed by atoms with van der Waals surface area (Å²) in [7, 11) is 0. The maximum absolute atomic E-state index is 11.1. The molecule has 1 aliphatic rings. The van der Waals surface area contributed by atoms with Gasteiger partial charge in [-0.1, -0.05) is 19.1 Å². The number of nitrogens with zero attached hydrogens (tertiary/aromatic N) is 2. The third kappa shape index (κ3) is 2.77. The number of benzene rings is 1. The number of carboxylic acids is 1. The summed E-state index contributed by atoms with van der Waals surface area (Å²) in [5.74, 6) is -0.804. The van der Waals surface area contributed by atoms with Crippen LogP contribution in [0.4, 0.5) is 0 Å². The van der Waals surface area contributed by atoms with Crippen molar-refractivity contribution in [3.8, 4) is 6.07 Å². The van der Waals surface area contributed by atoms with Gasteiger partial charge in [0.05, 0.1) is 17.6 Å². The maximum Gasteiger partial charge on any atom is 0.308 e. The normalized spacial score (nSPS) is 24.9. The Morgan fingerprint density at radius 2 is 2.05 bits per heavy atom. The van der Waals surface area contributed by atoms with Crippen LogP contribution in [0.15, 0.2) is 24.3 Å². The predicted molar refractivity (Wildman–Crippen MR) is 71.4 cm³/mol. The number of nitriles is 1. The number of hydrogen-bond donors (Lipinski definition) is 1. The molecule has 100 valence electrons. The molecule has 4 nitrogen and oxygen atoms in total. The maximum atomic E-state index is 11.1. The number of aliphatic carboxylic acids is 1. The van der Waals surface area contributed by atoms with Crippen LogP contribution in [0.5, 0.6) is 0 Å². The minimum absolute atomic E-state index is 0.179. The fourth-order valence-electron chi connectivity index (χ4n) is 2.69. The van der Waals surface area contributed by atoms with Crippen LogP contribution in [0, 0.1) is 23.2 Å². The molecule has 1 heterocycles. The summed E-state index contributed by atoms with van der Waals surface area (Å²) in [4.78, 5) is 13.3. The first-order valence-corrected chi connectivity index (χ1v) is 6.50. The van der Waals surface area contributed by atoms with Crippen molar-refractivity contribution < 1.29 is 9.90 Å². The Morgan fingerprint density at radius 3 is 2.53 bits per heavy atom. The van der Waals surface area contributed by atoms with Gasteiger partial charge in [-0.2, -0.15) is 5.26 Å². The first-order valence-electron chi connectivity index (χ1n) is 6.50. The van der Waals surface area contributed by atoms with Gasteiger partial charge in [-0.15, -0.1) is 0 Å². The highest BCUT2D eigenvalue weighted by atomic mass is 16.4. The van der Waals surface area contributed by atoms with E-state index >= 15 is 0 Å². The van der Waals surface area contributed by atoms with Crippen molar-refractivity contribution >= 4 is 5.97 Å². The Labute approximate surface area is 113 Å². The second-order valence-electron chi connectivity index (χ2n) is 5.29. The molecule has 19 heavy (non-hydrogen) atoms. The van der Waals surface area contributed by atoms with Crippen molar-refractivity contribution in [1.82, 2.24) is 4.90 Å². The van der Waals surface area contributed by atoms with Gasteiger partial charge >= 0.3 is 5.97 Å². The van der Waals surface area contributed by atoms with Crippen LogP contribution in [0.1, 0.15) is 31.0 Å². The molecule has 0 aliphatic carbocycles.